The zero-order chi connectivity index (χ0) is 12.3. The number of rotatable bonds is 5. The van der Waals surface area contributed by atoms with Crippen molar-refractivity contribution >= 4 is 0 Å². The lowest BCUT2D eigenvalue weighted by atomic mass is 10.0. The molecule has 0 aliphatic heterocycles. The van der Waals surface area contributed by atoms with Crippen molar-refractivity contribution in [2.45, 2.75) is 64.5 Å². The summed E-state index contributed by atoms with van der Waals surface area (Å²) in [5.74, 6) is 0.683. The topological polar surface area (TPSA) is 42.7 Å². The van der Waals surface area contributed by atoms with E-state index in [0.717, 1.165) is 18.7 Å². The van der Waals surface area contributed by atoms with Gasteiger partial charge in [-0.25, -0.2) is 4.68 Å². The molecule has 2 rings (SSSR count). The summed E-state index contributed by atoms with van der Waals surface area (Å²) in [5.41, 5.74) is 2.55. The molecule has 1 heterocycles. The summed E-state index contributed by atoms with van der Waals surface area (Å²) in [6.07, 6.45) is 6.44. The van der Waals surface area contributed by atoms with Crippen LogP contribution in [0.1, 0.15) is 69.3 Å². The van der Waals surface area contributed by atoms with E-state index in [9.17, 15) is 0 Å². The van der Waals surface area contributed by atoms with Gasteiger partial charge in [-0.05, 0) is 33.2 Å². The predicted octanol–water partition coefficient (Wildman–Crippen LogP) is 2.63. The highest BCUT2D eigenvalue weighted by Crippen LogP contribution is 2.36. The van der Waals surface area contributed by atoms with Crippen LogP contribution in [0.25, 0.3) is 0 Å². The second-order valence-corrected chi connectivity index (χ2v) is 5.13. The molecule has 17 heavy (non-hydrogen) atoms. The molecule has 1 aliphatic rings. The second kappa shape index (κ2) is 5.63. The normalized spacial score (nSPS) is 18.8. The Bertz CT molecular complexity index is 352. The van der Waals surface area contributed by atoms with Crippen molar-refractivity contribution in [2.24, 2.45) is 0 Å². The molecule has 1 fully saturated rings. The monoisotopic (exact) mass is 236 g/mol. The van der Waals surface area contributed by atoms with Gasteiger partial charge in [-0.1, -0.05) is 25.0 Å². The highest BCUT2D eigenvalue weighted by Gasteiger charge is 2.26. The Kier molecular flexibility index (Phi) is 4.15. The summed E-state index contributed by atoms with van der Waals surface area (Å²) in [4.78, 5) is 0. The van der Waals surface area contributed by atoms with Crippen molar-refractivity contribution < 1.29 is 0 Å². The molecule has 0 radical (unpaired) electrons. The molecule has 0 spiro atoms. The number of nitrogens with one attached hydrogen (secondary N) is 1. The average molecular weight is 236 g/mol. The van der Waals surface area contributed by atoms with Crippen LogP contribution < -0.4 is 5.32 Å². The van der Waals surface area contributed by atoms with Gasteiger partial charge < -0.3 is 5.32 Å². The molecule has 0 saturated heterocycles. The van der Waals surface area contributed by atoms with E-state index >= 15 is 0 Å². The fraction of sp³-hybridized carbons (Fsp3) is 0.846. The van der Waals surface area contributed by atoms with E-state index in [1.807, 2.05) is 7.05 Å². The van der Waals surface area contributed by atoms with Gasteiger partial charge in [-0.3, -0.25) is 0 Å². The maximum atomic E-state index is 4.38. The molecule has 4 heteroatoms. The van der Waals surface area contributed by atoms with Crippen LogP contribution >= 0.6 is 0 Å². The van der Waals surface area contributed by atoms with Crippen LogP contribution in [0.4, 0.5) is 0 Å². The first-order valence-electron chi connectivity index (χ1n) is 6.86. The summed E-state index contributed by atoms with van der Waals surface area (Å²) < 4.78 is 2.17. The summed E-state index contributed by atoms with van der Waals surface area (Å²) in [7, 11) is 1.97. The molecule has 0 amide bonds. The molecule has 1 aromatic heterocycles. The van der Waals surface area contributed by atoms with Gasteiger partial charge in [-0.2, -0.15) is 0 Å². The minimum absolute atomic E-state index is 0.462. The minimum atomic E-state index is 0.462. The van der Waals surface area contributed by atoms with Crippen molar-refractivity contribution in [1.82, 2.24) is 20.3 Å². The minimum Gasteiger partial charge on any atom is -0.314 e. The predicted molar refractivity (Wildman–Crippen MR) is 69.0 cm³/mol. The van der Waals surface area contributed by atoms with Gasteiger partial charge in [0.1, 0.15) is 0 Å². The maximum Gasteiger partial charge on any atom is 0.0999 e. The molecular weight excluding hydrogens is 212 g/mol. The van der Waals surface area contributed by atoms with Gasteiger partial charge in [0.05, 0.1) is 17.4 Å². The summed E-state index contributed by atoms with van der Waals surface area (Å²) >= 11 is 0. The van der Waals surface area contributed by atoms with Crippen molar-refractivity contribution in [2.75, 3.05) is 7.05 Å². The second-order valence-electron chi connectivity index (χ2n) is 5.13. The van der Waals surface area contributed by atoms with E-state index in [4.69, 9.17) is 0 Å². The van der Waals surface area contributed by atoms with Crippen LogP contribution in [-0.4, -0.2) is 22.0 Å². The van der Waals surface area contributed by atoms with Crippen LogP contribution in [0.3, 0.4) is 0 Å². The first kappa shape index (κ1) is 12.6. The van der Waals surface area contributed by atoms with Crippen LogP contribution in [0, 0.1) is 0 Å². The Morgan fingerprint density at radius 1 is 1.41 bits per heavy atom. The van der Waals surface area contributed by atoms with Crippen molar-refractivity contribution in [3.63, 3.8) is 0 Å². The molecule has 0 aromatic carbocycles. The van der Waals surface area contributed by atoms with Crippen LogP contribution in [0.5, 0.6) is 0 Å². The Labute approximate surface area is 104 Å². The van der Waals surface area contributed by atoms with E-state index in [1.165, 1.54) is 31.4 Å². The van der Waals surface area contributed by atoms with Gasteiger partial charge in [-0.15, -0.1) is 5.10 Å². The van der Waals surface area contributed by atoms with E-state index in [0.29, 0.717) is 12.0 Å². The standard InChI is InChI=1S/C13H24N4/c1-4-10(2)17-13(11-7-5-6-8-11)12(9-14-3)15-16-17/h10-11,14H,4-9H2,1-3H3. The number of hydrogen-bond acceptors (Lipinski definition) is 3. The molecule has 1 aromatic rings. The third kappa shape index (κ3) is 2.51. The van der Waals surface area contributed by atoms with E-state index in [2.05, 4.69) is 34.2 Å². The van der Waals surface area contributed by atoms with Crippen LogP contribution in [0.15, 0.2) is 0 Å². The molecule has 1 unspecified atom stereocenters. The summed E-state index contributed by atoms with van der Waals surface area (Å²) in [5, 5.41) is 11.9. The van der Waals surface area contributed by atoms with Crippen molar-refractivity contribution in [3.05, 3.63) is 11.4 Å². The summed E-state index contributed by atoms with van der Waals surface area (Å²) in [6.45, 7) is 5.28. The Morgan fingerprint density at radius 2 is 2.12 bits per heavy atom. The van der Waals surface area contributed by atoms with Gasteiger partial charge >= 0.3 is 0 Å². The fourth-order valence-corrected chi connectivity index (χ4v) is 2.75. The van der Waals surface area contributed by atoms with Crippen LogP contribution in [0.2, 0.25) is 0 Å². The zero-order valence-corrected chi connectivity index (χ0v) is 11.2. The highest BCUT2D eigenvalue weighted by atomic mass is 15.4. The lowest BCUT2D eigenvalue weighted by Gasteiger charge is -2.17. The molecule has 1 N–H and O–H groups in total. The highest BCUT2D eigenvalue weighted by molar-refractivity contribution is 5.17. The molecule has 96 valence electrons. The third-order valence-electron chi connectivity index (χ3n) is 3.90. The SMILES string of the molecule is CCC(C)n1nnc(CNC)c1C1CCCC1. The molecule has 1 saturated carbocycles. The Balaban J connectivity index is 2.31. The largest absolute Gasteiger partial charge is 0.314 e. The molecular formula is C13H24N4. The van der Waals surface area contributed by atoms with E-state index < -0.39 is 0 Å². The van der Waals surface area contributed by atoms with Gasteiger partial charge in [0, 0.05) is 12.5 Å². The zero-order valence-electron chi connectivity index (χ0n) is 11.2. The number of nitrogens with zero attached hydrogens (tertiary/aromatic N) is 3. The van der Waals surface area contributed by atoms with Gasteiger partial charge in [0.2, 0.25) is 0 Å². The first-order valence-corrected chi connectivity index (χ1v) is 6.86. The molecule has 4 nitrogen and oxygen atoms in total. The Morgan fingerprint density at radius 3 is 2.71 bits per heavy atom. The Hall–Kier alpha value is -0.900. The van der Waals surface area contributed by atoms with Gasteiger partial charge in [0.25, 0.3) is 0 Å². The quantitative estimate of drug-likeness (QED) is 0.854. The molecule has 1 atom stereocenters. The lowest BCUT2D eigenvalue weighted by Crippen LogP contribution is -2.15. The fourth-order valence-electron chi connectivity index (χ4n) is 2.75. The van der Waals surface area contributed by atoms with E-state index in [-0.39, 0.29) is 0 Å². The maximum absolute atomic E-state index is 4.38. The summed E-state index contributed by atoms with van der Waals surface area (Å²) in [6, 6.07) is 0.462. The molecule has 0 bridgehead atoms. The van der Waals surface area contributed by atoms with Crippen molar-refractivity contribution in [1.29, 1.82) is 0 Å². The average Bonchev–Trinajstić information content (AvgIpc) is 2.96. The third-order valence-corrected chi connectivity index (χ3v) is 3.90. The number of hydrogen-bond donors (Lipinski definition) is 1. The lowest BCUT2D eigenvalue weighted by molar-refractivity contribution is 0.433. The first-order chi connectivity index (χ1) is 8.27. The smallest absolute Gasteiger partial charge is 0.0999 e. The number of aromatic nitrogens is 3. The van der Waals surface area contributed by atoms with E-state index in [1.54, 1.807) is 0 Å². The molecule has 1 aliphatic carbocycles. The van der Waals surface area contributed by atoms with Crippen LogP contribution in [-0.2, 0) is 6.54 Å². The van der Waals surface area contributed by atoms with Crippen molar-refractivity contribution in [3.8, 4) is 0 Å². The van der Waals surface area contributed by atoms with Gasteiger partial charge in [0.15, 0.2) is 0 Å².